The topological polar surface area (TPSA) is 57.6 Å². The van der Waals surface area contributed by atoms with E-state index in [-0.39, 0.29) is 12.3 Å². The summed E-state index contributed by atoms with van der Waals surface area (Å²) in [4.78, 5) is 23.2. The molecular weight excluding hydrogens is 214 g/mol. The summed E-state index contributed by atoms with van der Waals surface area (Å²) in [5.41, 5.74) is 0. The molecule has 0 saturated heterocycles. The van der Waals surface area contributed by atoms with Gasteiger partial charge >= 0.3 is 5.97 Å². The predicted molar refractivity (Wildman–Crippen MR) is 62.1 cm³/mol. The number of amides is 1. The first kappa shape index (κ1) is 14.3. The Morgan fingerprint density at radius 3 is 2.60 bits per heavy atom. The highest BCUT2D eigenvalue weighted by Crippen LogP contribution is 2.05. The zero-order chi connectivity index (χ0) is 11.7. The Kier molecular flexibility index (Phi) is 8.18. The Labute approximate surface area is 95.0 Å². The lowest BCUT2D eigenvalue weighted by atomic mass is 10.4. The van der Waals surface area contributed by atoms with E-state index in [2.05, 4.69) is 6.92 Å². The van der Waals surface area contributed by atoms with Gasteiger partial charge in [0, 0.05) is 13.6 Å². The molecule has 0 aromatic heterocycles. The van der Waals surface area contributed by atoms with E-state index < -0.39 is 5.97 Å². The van der Waals surface area contributed by atoms with Crippen molar-refractivity contribution in [2.24, 2.45) is 0 Å². The first-order chi connectivity index (χ1) is 7.07. The lowest BCUT2D eigenvalue weighted by Gasteiger charge is -2.15. The van der Waals surface area contributed by atoms with Crippen molar-refractivity contribution in [3.8, 4) is 0 Å². The van der Waals surface area contributed by atoms with Gasteiger partial charge in [-0.2, -0.15) is 11.8 Å². The maximum absolute atomic E-state index is 11.4. The molecule has 0 fully saturated rings. The van der Waals surface area contributed by atoms with Gasteiger partial charge in [0.25, 0.3) is 0 Å². The molecular formula is C10H19NO3S. The van der Waals surface area contributed by atoms with Gasteiger partial charge in [-0.25, -0.2) is 0 Å². The highest BCUT2D eigenvalue weighted by molar-refractivity contribution is 7.99. The molecule has 0 radical (unpaired) electrons. The molecule has 1 amide bonds. The quantitative estimate of drug-likeness (QED) is 0.645. The van der Waals surface area contributed by atoms with E-state index in [0.717, 1.165) is 18.6 Å². The first-order valence-electron chi connectivity index (χ1n) is 5.11. The molecule has 0 bridgehead atoms. The molecule has 0 atom stereocenters. The molecule has 1 N–H and O–H groups in total. The summed E-state index contributed by atoms with van der Waals surface area (Å²) in [5, 5.41) is 8.45. The van der Waals surface area contributed by atoms with E-state index in [1.54, 1.807) is 18.8 Å². The Bertz CT molecular complexity index is 209. The Morgan fingerprint density at radius 2 is 2.07 bits per heavy atom. The summed E-state index contributed by atoms with van der Waals surface area (Å²) < 4.78 is 0. The molecule has 0 unspecified atom stereocenters. The summed E-state index contributed by atoms with van der Waals surface area (Å²) >= 11 is 1.61. The minimum absolute atomic E-state index is 0.0114. The smallest absolute Gasteiger partial charge is 0.305 e. The first-order valence-corrected chi connectivity index (χ1v) is 6.27. The Hall–Kier alpha value is -0.710. The fourth-order valence-corrected chi connectivity index (χ4v) is 1.94. The van der Waals surface area contributed by atoms with Crippen LogP contribution < -0.4 is 0 Å². The second-order valence-electron chi connectivity index (χ2n) is 3.37. The van der Waals surface area contributed by atoms with Gasteiger partial charge in [-0.1, -0.05) is 13.3 Å². The molecule has 0 aliphatic rings. The van der Waals surface area contributed by atoms with Crippen LogP contribution in [0.1, 0.15) is 26.2 Å². The summed E-state index contributed by atoms with van der Waals surface area (Å²) in [6, 6.07) is 0. The number of unbranched alkanes of at least 4 members (excludes halogenated alkanes) is 1. The highest BCUT2D eigenvalue weighted by Gasteiger charge is 2.09. The maximum atomic E-state index is 11.4. The zero-order valence-electron chi connectivity index (χ0n) is 9.36. The number of aliphatic carboxylic acids is 1. The zero-order valence-corrected chi connectivity index (χ0v) is 10.2. The van der Waals surface area contributed by atoms with Crippen LogP contribution in [-0.4, -0.2) is 47.0 Å². The molecule has 0 aliphatic carbocycles. The molecule has 4 nitrogen and oxygen atoms in total. The van der Waals surface area contributed by atoms with Crippen LogP contribution in [0.5, 0.6) is 0 Å². The fourth-order valence-electron chi connectivity index (χ4n) is 0.904. The van der Waals surface area contributed by atoms with Crippen molar-refractivity contribution in [2.45, 2.75) is 26.2 Å². The van der Waals surface area contributed by atoms with Crippen molar-refractivity contribution in [3.63, 3.8) is 0 Å². The van der Waals surface area contributed by atoms with Crippen molar-refractivity contribution in [2.75, 3.05) is 25.1 Å². The Balaban J connectivity index is 3.55. The standard InChI is InChI=1S/C10H19NO3S/c1-3-4-7-15-8-9(12)11(2)6-5-10(13)14/h3-8H2,1-2H3,(H,13,14). The molecule has 88 valence electrons. The number of thioether (sulfide) groups is 1. The largest absolute Gasteiger partial charge is 0.481 e. The second kappa shape index (κ2) is 8.59. The molecule has 5 heteroatoms. The summed E-state index contributed by atoms with van der Waals surface area (Å²) in [7, 11) is 1.64. The molecule has 15 heavy (non-hydrogen) atoms. The van der Waals surface area contributed by atoms with Gasteiger partial charge in [-0.05, 0) is 12.2 Å². The average molecular weight is 233 g/mol. The third-order valence-corrected chi connectivity index (χ3v) is 2.98. The Morgan fingerprint density at radius 1 is 1.40 bits per heavy atom. The van der Waals surface area contributed by atoms with E-state index >= 15 is 0 Å². The second-order valence-corrected chi connectivity index (χ2v) is 4.47. The van der Waals surface area contributed by atoms with Crippen molar-refractivity contribution in [3.05, 3.63) is 0 Å². The van der Waals surface area contributed by atoms with Gasteiger partial charge in [-0.15, -0.1) is 0 Å². The van der Waals surface area contributed by atoms with Crippen LogP contribution in [0.15, 0.2) is 0 Å². The van der Waals surface area contributed by atoms with Gasteiger partial charge in [-0.3, -0.25) is 9.59 Å². The minimum atomic E-state index is -0.867. The van der Waals surface area contributed by atoms with Crippen molar-refractivity contribution < 1.29 is 14.7 Å². The summed E-state index contributed by atoms with van der Waals surface area (Å²) in [6.07, 6.45) is 2.27. The number of nitrogens with zero attached hydrogens (tertiary/aromatic N) is 1. The SMILES string of the molecule is CCCCSCC(=O)N(C)CCC(=O)O. The lowest BCUT2D eigenvalue weighted by Crippen LogP contribution is -2.30. The minimum Gasteiger partial charge on any atom is -0.481 e. The van der Waals surface area contributed by atoms with Crippen molar-refractivity contribution >= 4 is 23.6 Å². The number of carboxylic acids is 1. The third-order valence-electron chi connectivity index (χ3n) is 1.95. The van der Waals surface area contributed by atoms with Gasteiger partial charge in [0.05, 0.1) is 12.2 Å². The van der Waals surface area contributed by atoms with E-state index in [4.69, 9.17) is 5.11 Å². The molecule has 0 aromatic carbocycles. The normalized spacial score (nSPS) is 10.0. The number of hydrogen-bond donors (Lipinski definition) is 1. The number of carboxylic acid groups (broad SMARTS) is 1. The van der Waals surface area contributed by atoms with Crippen LogP contribution in [-0.2, 0) is 9.59 Å². The molecule has 0 heterocycles. The van der Waals surface area contributed by atoms with Crippen LogP contribution in [0.3, 0.4) is 0 Å². The summed E-state index contributed by atoms with van der Waals surface area (Å²) in [6.45, 7) is 2.41. The van der Waals surface area contributed by atoms with Crippen LogP contribution in [0.2, 0.25) is 0 Å². The third kappa shape index (κ3) is 8.30. The van der Waals surface area contributed by atoms with E-state index in [1.807, 2.05) is 0 Å². The maximum Gasteiger partial charge on any atom is 0.305 e. The van der Waals surface area contributed by atoms with Gasteiger partial charge in [0.1, 0.15) is 0 Å². The number of carbonyl (C=O) groups excluding carboxylic acids is 1. The lowest BCUT2D eigenvalue weighted by molar-refractivity contribution is -0.137. The number of hydrogen-bond acceptors (Lipinski definition) is 3. The van der Waals surface area contributed by atoms with Crippen LogP contribution in [0, 0.1) is 0 Å². The monoisotopic (exact) mass is 233 g/mol. The van der Waals surface area contributed by atoms with Gasteiger partial charge < -0.3 is 10.0 Å². The van der Waals surface area contributed by atoms with E-state index in [1.165, 1.54) is 4.90 Å². The average Bonchev–Trinajstić information content (AvgIpc) is 2.20. The molecule has 0 rings (SSSR count). The molecule has 0 aromatic rings. The summed E-state index contributed by atoms with van der Waals surface area (Å²) in [5.74, 6) is 0.594. The van der Waals surface area contributed by atoms with E-state index in [0.29, 0.717) is 12.3 Å². The number of rotatable bonds is 8. The van der Waals surface area contributed by atoms with Crippen LogP contribution in [0.25, 0.3) is 0 Å². The predicted octanol–water partition coefficient (Wildman–Crippen LogP) is 1.45. The van der Waals surface area contributed by atoms with Crippen LogP contribution >= 0.6 is 11.8 Å². The van der Waals surface area contributed by atoms with E-state index in [9.17, 15) is 9.59 Å². The molecule has 0 spiro atoms. The molecule has 0 aliphatic heterocycles. The van der Waals surface area contributed by atoms with Crippen LogP contribution in [0.4, 0.5) is 0 Å². The van der Waals surface area contributed by atoms with Gasteiger partial charge in [0.15, 0.2) is 0 Å². The van der Waals surface area contributed by atoms with Crippen molar-refractivity contribution in [1.29, 1.82) is 0 Å². The van der Waals surface area contributed by atoms with Gasteiger partial charge in [0.2, 0.25) is 5.91 Å². The van der Waals surface area contributed by atoms with Crippen molar-refractivity contribution in [1.82, 2.24) is 4.90 Å². The highest BCUT2D eigenvalue weighted by atomic mass is 32.2. The molecule has 0 saturated carbocycles. The fraction of sp³-hybridized carbons (Fsp3) is 0.800. The number of carbonyl (C=O) groups is 2.